The minimum absolute atomic E-state index is 0.00458. The van der Waals surface area contributed by atoms with Crippen LogP contribution in [0.1, 0.15) is 17.9 Å². The van der Waals surface area contributed by atoms with Gasteiger partial charge >= 0.3 is 0 Å². The molecule has 1 aromatic carbocycles. The summed E-state index contributed by atoms with van der Waals surface area (Å²) < 4.78 is 18.8. The van der Waals surface area contributed by atoms with Gasteiger partial charge in [0.2, 0.25) is 0 Å². The standard InChI is InChI=1S/C11H14FNO/c12-10-4-2-1-3-8(10)9-7-14-6-5-11(9)13/h1-4,9,11H,5-7,13H2. The molecule has 0 bridgehead atoms. The Morgan fingerprint density at radius 1 is 1.36 bits per heavy atom. The van der Waals surface area contributed by atoms with E-state index in [1.165, 1.54) is 6.07 Å². The molecule has 0 saturated carbocycles. The van der Waals surface area contributed by atoms with E-state index in [2.05, 4.69) is 0 Å². The molecule has 0 amide bonds. The van der Waals surface area contributed by atoms with Gasteiger partial charge in [-0.3, -0.25) is 0 Å². The first-order valence-electron chi connectivity index (χ1n) is 4.87. The third-order valence-corrected chi connectivity index (χ3v) is 2.71. The van der Waals surface area contributed by atoms with Crippen LogP contribution in [0, 0.1) is 5.82 Å². The van der Waals surface area contributed by atoms with Crippen molar-refractivity contribution < 1.29 is 9.13 Å². The maximum atomic E-state index is 13.4. The molecule has 1 aromatic rings. The molecule has 2 atom stereocenters. The van der Waals surface area contributed by atoms with E-state index in [1.54, 1.807) is 12.1 Å². The second-order valence-corrected chi connectivity index (χ2v) is 3.66. The van der Waals surface area contributed by atoms with Gasteiger partial charge in [0, 0.05) is 18.6 Å². The lowest BCUT2D eigenvalue weighted by Crippen LogP contribution is -2.37. The summed E-state index contributed by atoms with van der Waals surface area (Å²) in [5.74, 6) is -0.177. The number of rotatable bonds is 1. The third kappa shape index (κ3) is 1.79. The average Bonchev–Trinajstić information content (AvgIpc) is 2.20. The number of hydrogen-bond donors (Lipinski definition) is 1. The lowest BCUT2D eigenvalue weighted by atomic mass is 9.89. The Balaban J connectivity index is 2.25. The lowest BCUT2D eigenvalue weighted by molar-refractivity contribution is 0.0681. The van der Waals surface area contributed by atoms with Gasteiger partial charge in [-0.05, 0) is 18.1 Å². The van der Waals surface area contributed by atoms with E-state index in [9.17, 15) is 4.39 Å². The first-order chi connectivity index (χ1) is 6.79. The fraction of sp³-hybridized carbons (Fsp3) is 0.455. The van der Waals surface area contributed by atoms with Crippen molar-refractivity contribution >= 4 is 0 Å². The van der Waals surface area contributed by atoms with E-state index in [0.29, 0.717) is 18.8 Å². The summed E-state index contributed by atoms with van der Waals surface area (Å²) in [5.41, 5.74) is 6.61. The quantitative estimate of drug-likeness (QED) is 0.739. The number of ether oxygens (including phenoxy) is 1. The number of nitrogens with two attached hydrogens (primary N) is 1. The van der Waals surface area contributed by atoms with Crippen molar-refractivity contribution in [2.24, 2.45) is 5.73 Å². The van der Waals surface area contributed by atoms with Crippen LogP contribution >= 0.6 is 0 Å². The Bertz CT molecular complexity index is 316. The normalized spacial score (nSPS) is 27.6. The van der Waals surface area contributed by atoms with E-state index >= 15 is 0 Å². The summed E-state index contributed by atoms with van der Waals surface area (Å²) >= 11 is 0. The second-order valence-electron chi connectivity index (χ2n) is 3.66. The first-order valence-corrected chi connectivity index (χ1v) is 4.87. The molecule has 1 heterocycles. The molecule has 3 heteroatoms. The summed E-state index contributed by atoms with van der Waals surface area (Å²) in [6.07, 6.45) is 0.805. The molecule has 76 valence electrons. The Hall–Kier alpha value is -0.930. The highest BCUT2D eigenvalue weighted by molar-refractivity contribution is 5.23. The van der Waals surface area contributed by atoms with Crippen LogP contribution in [0.25, 0.3) is 0 Å². The Labute approximate surface area is 82.9 Å². The minimum Gasteiger partial charge on any atom is -0.381 e. The Morgan fingerprint density at radius 3 is 2.86 bits per heavy atom. The van der Waals surface area contributed by atoms with E-state index < -0.39 is 0 Å². The van der Waals surface area contributed by atoms with Crippen molar-refractivity contribution in [2.45, 2.75) is 18.4 Å². The minimum atomic E-state index is -0.182. The highest BCUT2D eigenvalue weighted by Crippen LogP contribution is 2.26. The summed E-state index contributed by atoms with van der Waals surface area (Å²) in [4.78, 5) is 0. The van der Waals surface area contributed by atoms with Gasteiger partial charge in [-0.1, -0.05) is 18.2 Å². The summed E-state index contributed by atoms with van der Waals surface area (Å²) in [6.45, 7) is 1.22. The van der Waals surface area contributed by atoms with E-state index in [0.717, 1.165) is 6.42 Å². The van der Waals surface area contributed by atoms with Crippen LogP contribution in [0.3, 0.4) is 0 Å². The maximum Gasteiger partial charge on any atom is 0.126 e. The second kappa shape index (κ2) is 4.07. The largest absolute Gasteiger partial charge is 0.381 e. The number of benzene rings is 1. The predicted octanol–water partition coefficient (Wildman–Crippen LogP) is 1.66. The third-order valence-electron chi connectivity index (χ3n) is 2.71. The molecule has 0 spiro atoms. The highest BCUT2D eigenvalue weighted by atomic mass is 19.1. The van der Waals surface area contributed by atoms with Gasteiger partial charge in [-0.2, -0.15) is 0 Å². The van der Waals surface area contributed by atoms with Crippen molar-refractivity contribution in [2.75, 3.05) is 13.2 Å². The zero-order valence-electron chi connectivity index (χ0n) is 7.95. The van der Waals surface area contributed by atoms with Crippen LogP contribution in [0.15, 0.2) is 24.3 Å². The molecule has 1 aliphatic rings. The molecule has 2 unspecified atom stereocenters. The van der Waals surface area contributed by atoms with Crippen LogP contribution < -0.4 is 5.73 Å². The molecular formula is C11H14FNO. The molecule has 0 aliphatic carbocycles. The van der Waals surface area contributed by atoms with Crippen LogP contribution in [0.4, 0.5) is 4.39 Å². The Morgan fingerprint density at radius 2 is 2.14 bits per heavy atom. The van der Waals surface area contributed by atoms with Gasteiger partial charge in [-0.25, -0.2) is 4.39 Å². The molecule has 0 radical (unpaired) electrons. The van der Waals surface area contributed by atoms with Gasteiger partial charge in [0.15, 0.2) is 0 Å². The van der Waals surface area contributed by atoms with Crippen molar-refractivity contribution in [3.05, 3.63) is 35.6 Å². The fourth-order valence-corrected chi connectivity index (χ4v) is 1.85. The SMILES string of the molecule is NC1CCOCC1c1ccccc1F. The van der Waals surface area contributed by atoms with E-state index in [1.807, 2.05) is 6.07 Å². The van der Waals surface area contributed by atoms with Gasteiger partial charge in [0.1, 0.15) is 5.82 Å². The lowest BCUT2D eigenvalue weighted by Gasteiger charge is -2.29. The van der Waals surface area contributed by atoms with Crippen LogP contribution in [0.5, 0.6) is 0 Å². The fourth-order valence-electron chi connectivity index (χ4n) is 1.85. The molecule has 2 nitrogen and oxygen atoms in total. The average molecular weight is 195 g/mol. The molecule has 0 aromatic heterocycles. The molecule has 2 N–H and O–H groups in total. The van der Waals surface area contributed by atoms with Crippen LogP contribution in [-0.4, -0.2) is 19.3 Å². The van der Waals surface area contributed by atoms with Gasteiger partial charge in [0.25, 0.3) is 0 Å². The van der Waals surface area contributed by atoms with Crippen molar-refractivity contribution in [3.8, 4) is 0 Å². The molecule has 14 heavy (non-hydrogen) atoms. The van der Waals surface area contributed by atoms with Crippen molar-refractivity contribution in [1.29, 1.82) is 0 Å². The number of halogens is 1. The zero-order valence-corrected chi connectivity index (χ0v) is 7.95. The summed E-state index contributed by atoms with van der Waals surface area (Å²) in [6, 6.07) is 6.79. The topological polar surface area (TPSA) is 35.2 Å². The van der Waals surface area contributed by atoms with Crippen LogP contribution in [-0.2, 0) is 4.74 Å². The van der Waals surface area contributed by atoms with E-state index in [-0.39, 0.29) is 17.8 Å². The molecule has 1 fully saturated rings. The monoisotopic (exact) mass is 195 g/mol. The highest BCUT2D eigenvalue weighted by Gasteiger charge is 2.25. The summed E-state index contributed by atoms with van der Waals surface area (Å²) in [7, 11) is 0. The Kier molecular flexibility index (Phi) is 2.79. The van der Waals surface area contributed by atoms with Crippen molar-refractivity contribution in [3.63, 3.8) is 0 Å². The molecule has 1 aliphatic heterocycles. The molecule has 2 rings (SSSR count). The number of hydrogen-bond acceptors (Lipinski definition) is 2. The first kappa shape index (κ1) is 9.62. The van der Waals surface area contributed by atoms with Gasteiger partial charge in [0.05, 0.1) is 6.61 Å². The zero-order chi connectivity index (χ0) is 9.97. The van der Waals surface area contributed by atoms with Gasteiger partial charge in [-0.15, -0.1) is 0 Å². The molecular weight excluding hydrogens is 181 g/mol. The summed E-state index contributed by atoms with van der Waals surface area (Å²) in [5, 5.41) is 0. The van der Waals surface area contributed by atoms with Gasteiger partial charge < -0.3 is 10.5 Å². The smallest absolute Gasteiger partial charge is 0.126 e. The molecule has 1 saturated heterocycles. The predicted molar refractivity (Wildman–Crippen MR) is 52.6 cm³/mol. The maximum absolute atomic E-state index is 13.4. The van der Waals surface area contributed by atoms with E-state index in [4.69, 9.17) is 10.5 Å². The van der Waals surface area contributed by atoms with Crippen LogP contribution in [0.2, 0.25) is 0 Å². The van der Waals surface area contributed by atoms with Crippen molar-refractivity contribution in [1.82, 2.24) is 0 Å².